The Morgan fingerprint density at radius 1 is 1.70 bits per heavy atom. The number of carboxylic acid groups (broad SMARTS) is 1. The van der Waals surface area contributed by atoms with Gasteiger partial charge in [-0.1, -0.05) is 0 Å². The molecule has 0 bridgehead atoms. The molecule has 0 aliphatic carbocycles. The van der Waals surface area contributed by atoms with Crippen LogP contribution in [0.4, 0.5) is 0 Å². The third kappa shape index (κ3) is 1.27. The Balaban J connectivity index is 2.56. The zero-order valence-electron chi connectivity index (χ0n) is 5.76. The monoisotopic (exact) mass is 144 g/mol. The van der Waals surface area contributed by atoms with E-state index in [0.29, 0.717) is 13.0 Å². The summed E-state index contributed by atoms with van der Waals surface area (Å²) in [5, 5.41) is 11.6. The molecule has 1 fully saturated rings. The minimum Gasteiger partial charge on any atom is -0.480 e. The Hall–Kier alpha value is -0.610. The van der Waals surface area contributed by atoms with Gasteiger partial charge in [0.05, 0.1) is 0 Å². The molecule has 1 atom stereocenters. The van der Waals surface area contributed by atoms with Gasteiger partial charge in [-0.05, 0) is 19.4 Å². The molecule has 4 nitrogen and oxygen atoms in total. The van der Waals surface area contributed by atoms with Gasteiger partial charge in [0, 0.05) is 6.54 Å². The highest BCUT2D eigenvalue weighted by molar-refractivity contribution is 5.78. The maximum atomic E-state index is 10.5. The van der Waals surface area contributed by atoms with Crippen LogP contribution in [0.2, 0.25) is 0 Å². The molecule has 4 N–H and O–H groups in total. The fraction of sp³-hybridized carbons (Fsp3) is 0.833. The molecule has 0 saturated carbocycles. The van der Waals surface area contributed by atoms with E-state index in [9.17, 15) is 4.79 Å². The van der Waals surface area contributed by atoms with Crippen molar-refractivity contribution in [2.75, 3.05) is 13.1 Å². The average molecular weight is 144 g/mol. The standard InChI is InChI=1S/C6H12N2O2/c7-6(5(9)10)2-1-3-8-4-6/h8H,1-4,7H2,(H,9,10)/t6-/m0/s1. The number of hydrogen-bond acceptors (Lipinski definition) is 3. The second kappa shape index (κ2) is 2.56. The van der Waals surface area contributed by atoms with E-state index in [4.69, 9.17) is 10.8 Å². The van der Waals surface area contributed by atoms with Crippen LogP contribution in [-0.4, -0.2) is 29.7 Å². The van der Waals surface area contributed by atoms with Crippen molar-refractivity contribution in [3.63, 3.8) is 0 Å². The lowest BCUT2D eigenvalue weighted by atomic mass is 9.92. The van der Waals surface area contributed by atoms with Crippen molar-refractivity contribution in [3.8, 4) is 0 Å². The van der Waals surface area contributed by atoms with Gasteiger partial charge in [-0.2, -0.15) is 0 Å². The molecule has 58 valence electrons. The maximum Gasteiger partial charge on any atom is 0.325 e. The Labute approximate surface area is 59.4 Å². The number of piperidine rings is 1. The first-order valence-electron chi connectivity index (χ1n) is 3.38. The zero-order chi connectivity index (χ0) is 7.61. The molecule has 1 aliphatic heterocycles. The van der Waals surface area contributed by atoms with Gasteiger partial charge in [0.15, 0.2) is 0 Å². The molecule has 0 amide bonds. The summed E-state index contributed by atoms with van der Waals surface area (Å²) in [6, 6.07) is 0. The Bertz CT molecular complexity index is 141. The summed E-state index contributed by atoms with van der Waals surface area (Å²) in [5.41, 5.74) is 4.52. The number of carboxylic acids is 1. The van der Waals surface area contributed by atoms with Gasteiger partial charge in [-0.15, -0.1) is 0 Å². The predicted octanol–water partition coefficient (Wildman–Crippen LogP) is -0.848. The van der Waals surface area contributed by atoms with Crippen LogP contribution in [-0.2, 0) is 4.79 Å². The Morgan fingerprint density at radius 3 is 2.70 bits per heavy atom. The van der Waals surface area contributed by atoms with Crippen molar-refractivity contribution in [3.05, 3.63) is 0 Å². The van der Waals surface area contributed by atoms with Crippen molar-refractivity contribution in [1.29, 1.82) is 0 Å². The smallest absolute Gasteiger partial charge is 0.325 e. The highest BCUT2D eigenvalue weighted by atomic mass is 16.4. The Morgan fingerprint density at radius 2 is 2.40 bits per heavy atom. The second-order valence-electron chi connectivity index (χ2n) is 2.74. The van der Waals surface area contributed by atoms with Crippen molar-refractivity contribution in [2.45, 2.75) is 18.4 Å². The molecule has 1 heterocycles. The van der Waals surface area contributed by atoms with Gasteiger partial charge in [0.1, 0.15) is 5.54 Å². The van der Waals surface area contributed by atoms with E-state index in [-0.39, 0.29) is 0 Å². The van der Waals surface area contributed by atoms with E-state index < -0.39 is 11.5 Å². The topological polar surface area (TPSA) is 75.4 Å². The summed E-state index contributed by atoms with van der Waals surface area (Å²) < 4.78 is 0. The van der Waals surface area contributed by atoms with Crippen LogP contribution < -0.4 is 11.1 Å². The van der Waals surface area contributed by atoms with Gasteiger partial charge < -0.3 is 16.2 Å². The fourth-order valence-corrected chi connectivity index (χ4v) is 1.11. The summed E-state index contributed by atoms with van der Waals surface area (Å²) in [4.78, 5) is 10.5. The predicted molar refractivity (Wildman–Crippen MR) is 36.7 cm³/mol. The van der Waals surface area contributed by atoms with Gasteiger partial charge in [0.2, 0.25) is 0 Å². The number of carbonyl (C=O) groups is 1. The molecular formula is C6H12N2O2. The lowest BCUT2D eigenvalue weighted by Gasteiger charge is -2.29. The summed E-state index contributed by atoms with van der Waals surface area (Å²) in [7, 11) is 0. The number of hydrogen-bond donors (Lipinski definition) is 3. The molecule has 1 rings (SSSR count). The number of nitrogens with two attached hydrogens (primary N) is 1. The summed E-state index contributed by atoms with van der Waals surface area (Å²) >= 11 is 0. The fourth-order valence-electron chi connectivity index (χ4n) is 1.11. The Kier molecular flexibility index (Phi) is 1.92. The van der Waals surface area contributed by atoms with Crippen molar-refractivity contribution >= 4 is 5.97 Å². The molecular weight excluding hydrogens is 132 g/mol. The highest BCUT2D eigenvalue weighted by Crippen LogP contribution is 2.12. The van der Waals surface area contributed by atoms with E-state index in [1.807, 2.05) is 0 Å². The zero-order valence-corrected chi connectivity index (χ0v) is 5.76. The molecule has 1 aliphatic rings. The minimum absolute atomic E-state index is 0.391. The summed E-state index contributed by atoms with van der Waals surface area (Å²) in [6.45, 7) is 1.27. The highest BCUT2D eigenvalue weighted by Gasteiger charge is 2.34. The second-order valence-corrected chi connectivity index (χ2v) is 2.74. The number of rotatable bonds is 1. The van der Waals surface area contributed by atoms with Crippen molar-refractivity contribution in [2.24, 2.45) is 5.73 Å². The largest absolute Gasteiger partial charge is 0.480 e. The number of nitrogens with one attached hydrogen (secondary N) is 1. The van der Waals surface area contributed by atoms with E-state index in [2.05, 4.69) is 5.32 Å². The van der Waals surface area contributed by atoms with Crippen LogP contribution >= 0.6 is 0 Å². The van der Waals surface area contributed by atoms with Gasteiger partial charge in [-0.25, -0.2) is 0 Å². The van der Waals surface area contributed by atoms with Crippen LogP contribution in [0, 0.1) is 0 Å². The third-order valence-electron chi connectivity index (χ3n) is 1.84. The third-order valence-corrected chi connectivity index (χ3v) is 1.84. The van der Waals surface area contributed by atoms with E-state index >= 15 is 0 Å². The SMILES string of the molecule is N[C@@]1(C(=O)O)CCCNC1. The van der Waals surface area contributed by atoms with Crippen LogP contribution in [0.5, 0.6) is 0 Å². The van der Waals surface area contributed by atoms with Crippen molar-refractivity contribution in [1.82, 2.24) is 5.32 Å². The first kappa shape index (κ1) is 7.50. The van der Waals surface area contributed by atoms with Crippen LogP contribution in [0.25, 0.3) is 0 Å². The molecule has 0 radical (unpaired) electrons. The molecule has 4 heteroatoms. The minimum atomic E-state index is -1.02. The first-order chi connectivity index (χ1) is 4.65. The molecule has 0 aromatic rings. The van der Waals surface area contributed by atoms with E-state index in [1.54, 1.807) is 0 Å². The molecule has 0 unspecified atom stereocenters. The summed E-state index contributed by atoms with van der Waals surface area (Å²) in [5.74, 6) is -0.903. The van der Waals surface area contributed by atoms with Gasteiger partial charge >= 0.3 is 5.97 Å². The molecule has 0 spiro atoms. The number of aliphatic carboxylic acids is 1. The molecule has 10 heavy (non-hydrogen) atoms. The molecule has 0 aromatic heterocycles. The first-order valence-corrected chi connectivity index (χ1v) is 3.38. The van der Waals surface area contributed by atoms with Gasteiger partial charge in [-0.3, -0.25) is 4.79 Å². The lowest BCUT2D eigenvalue weighted by Crippen LogP contribution is -2.58. The quantitative estimate of drug-likeness (QED) is 0.448. The van der Waals surface area contributed by atoms with E-state index in [1.165, 1.54) is 0 Å². The van der Waals surface area contributed by atoms with Crippen LogP contribution in [0.3, 0.4) is 0 Å². The van der Waals surface area contributed by atoms with E-state index in [0.717, 1.165) is 13.0 Å². The average Bonchev–Trinajstić information content (AvgIpc) is 1.89. The lowest BCUT2D eigenvalue weighted by molar-refractivity contribution is -0.143. The van der Waals surface area contributed by atoms with Crippen LogP contribution in [0.1, 0.15) is 12.8 Å². The normalized spacial score (nSPS) is 33.7. The van der Waals surface area contributed by atoms with Gasteiger partial charge in [0.25, 0.3) is 0 Å². The molecule has 1 saturated heterocycles. The maximum absolute atomic E-state index is 10.5. The van der Waals surface area contributed by atoms with Crippen LogP contribution in [0.15, 0.2) is 0 Å². The molecule has 0 aromatic carbocycles. The van der Waals surface area contributed by atoms with Crippen molar-refractivity contribution < 1.29 is 9.90 Å². The summed E-state index contributed by atoms with van der Waals surface area (Å²) in [6.07, 6.45) is 1.43.